The number of amides is 2. The van der Waals surface area contributed by atoms with Gasteiger partial charge < -0.3 is 15.7 Å². The van der Waals surface area contributed by atoms with Gasteiger partial charge in [0.2, 0.25) is 10.0 Å². The number of carbonyl (C=O) groups is 2. The van der Waals surface area contributed by atoms with E-state index in [1.54, 1.807) is 0 Å². The first-order chi connectivity index (χ1) is 9.73. The van der Waals surface area contributed by atoms with Crippen LogP contribution in [0.15, 0.2) is 29.2 Å². The van der Waals surface area contributed by atoms with Crippen molar-refractivity contribution in [2.45, 2.75) is 17.7 Å². The SMILES string of the molecule is NS(=O)(=O)c1ccc(NC(=O)NCC2(C(=O)O)CC2)cc1. The summed E-state index contributed by atoms with van der Waals surface area (Å²) in [5.41, 5.74) is -0.463. The highest BCUT2D eigenvalue weighted by molar-refractivity contribution is 7.89. The molecule has 2 amide bonds. The van der Waals surface area contributed by atoms with Crippen LogP contribution in [-0.2, 0) is 14.8 Å². The van der Waals surface area contributed by atoms with Crippen molar-refractivity contribution in [2.24, 2.45) is 10.6 Å². The Morgan fingerprint density at radius 1 is 1.24 bits per heavy atom. The van der Waals surface area contributed by atoms with Crippen molar-refractivity contribution in [2.75, 3.05) is 11.9 Å². The van der Waals surface area contributed by atoms with Crippen molar-refractivity contribution >= 4 is 27.7 Å². The van der Waals surface area contributed by atoms with Gasteiger partial charge >= 0.3 is 12.0 Å². The fraction of sp³-hybridized carbons (Fsp3) is 0.333. The molecule has 2 rings (SSSR count). The average Bonchev–Trinajstić information content (AvgIpc) is 3.17. The molecule has 0 saturated heterocycles. The Kier molecular flexibility index (Phi) is 3.88. The van der Waals surface area contributed by atoms with Gasteiger partial charge in [0.15, 0.2) is 0 Å². The lowest BCUT2D eigenvalue weighted by Crippen LogP contribution is -2.36. The minimum absolute atomic E-state index is 0.0590. The number of carbonyl (C=O) groups excluding carboxylic acids is 1. The molecule has 21 heavy (non-hydrogen) atoms. The minimum Gasteiger partial charge on any atom is -0.481 e. The predicted molar refractivity (Wildman–Crippen MR) is 74.1 cm³/mol. The Labute approximate surface area is 121 Å². The van der Waals surface area contributed by atoms with Crippen LogP contribution in [0.25, 0.3) is 0 Å². The molecule has 0 unspecified atom stereocenters. The van der Waals surface area contributed by atoms with Crippen LogP contribution in [0.2, 0.25) is 0 Å². The highest BCUT2D eigenvalue weighted by atomic mass is 32.2. The molecule has 0 spiro atoms. The number of rotatable bonds is 5. The number of aliphatic carboxylic acids is 1. The first kappa shape index (κ1) is 15.3. The highest BCUT2D eigenvalue weighted by Crippen LogP contribution is 2.45. The highest BCUT2D eigenvalue weighted by Gasteiger charge is 2.50. The molecule has 0 heterocycles. The Morgan fingerprint density at radius 3 is 2.24 bits per heavy atom. The molecule has 1 aromatic rings. The van der Waals surface area contributed by atoms with Gasteiger partial charge in [0, 0.05) is 12.2 Å². The van der Waals surface area contributed by atoms with E-state index in [1.807, 2.05) is 0 Å². The van der Waals surface area contributed by atoms with Gasteiger partial charge in [-0.25, -0.2) is 18.4 Å². The van der Waals surface area contributed by atoms with Gasteiger partial charge in [0.1, 0.15) is 0 Å². The summed E-state index contributed by atoms with van der Waals surface area (Å²) in [7, 11) is -3.77. The van der Waals surface area contributed by atoms with Gasteiger partial charge in [-0.3, -0.25) is 4.79 Å². The number of hydrogen-bond donors (Lipinski definition) is 4. The number of carboxylic acid groups (broad SMARTS) is 1. The van der Waals surface area contributed by atoms with Gasteiger partial charge in [0.05, 0.1) is 10.3 Å². The van der Waals surface area contributed by atoms with Crippen molar-refractivity contribution in [3.05, 3.63) is 24.3 Å². The summed E-state index contributed by atoms with van der Waals surface area (Å²) in [4.78, 5) is 22.5. The number of nitrogens with one attached hydrogen (secondary N) is 2. The summed E-state index contributed by atoms with van der Waals surface area (Å²) in [6.45, 7) is 0.0590. The zero-order valence-electron chi connectivity index (χ0n) is 11.0. The van der Waals surface area contributed by atoms with Gasteiger partial charge in [-0.05, 0) is 37.1 Å². The fourth-order valence-electron chi connectivity index (χ4n) is 1.77. The lowest BCUT2D eigenvalue weighted by molar-refractivity contribution is -0.143. The largest absolute Gasteiger partial charge is 0.481 e. The Balaban J connectivity index is 1.90. The number of sulfonamides is 1. The monoisotopic (exact) mass is 313 g/mol. The van der Waals surface area contributed by atoms with Crippen molar-refractivity contribution in [1.82, 2.24) is 5.32 Å². The fourth-order valence-corrected chi connectivity index (χ4v) is 2.29. The van der Waals surface area contributed by atoms with E-state index in [9.17, 15) is 18.0 Å². The van der Waals surface area contributed by atoms with Crippen LogP contribution in [0.4, 0.5) is 10.5 Å². The van der Waals surface area contributed by atoms with Gasteiger partial charge in [-0.2, -0.15) is 0 Å². The van der Waals surface area contributed by atoms with Crippen LogP contribution in [0.1, 0.15) is 12.8 Å². The van der Waals surface area contributed by atoms with Crippen molar-refractivity contribution in [3.8, 4) is 0 Å². The molecule has 8 nitrogen and oxygen atoms in total. The molecule has 114 valence electrons. The molecule has 1 fully saturated rings. The van der Waals surface area contributed by atoms with Crippen LogP contribution in [0, 0.1) is 5.41 Å². The van der Waals surface area contributed by atoms with E-state index in [0.717, 1.165) is 0 Å². The van der Waals surface area contributed by atoms with Crippen molar-refractivity contribution in [3.63, 3.8) is 0 Å². The molecule has 0 radical (unpaired) electrons. The Bertz CT molecular complexity index is 665. The lowest BCUT2D eigenvalue weighted by Gasteiger charge is -2.12. The molecule has 1 aromatic carbocycles. The lowest BCUT2D eigenvalue weighted by atomic mass is 10.1. The smallest absolute Gasteiger partial charge is 0.319 e. The third-order valence-electron chi connectivity index (χ3n) is 3.34. The van der Waals surface area contributed by atoms with Gasteiger partial charge in [-0.1, -0.05) is 0 Å². The second kappa shape index (κ2) is 5.34. The molecule has 1 aliphatic carbocycles. The van der Waals surface area contributed by atoms with E-state index < -0.39 is 27.4 Å². The molecule has 0 aromatic heterocycles. The van der Waals surface area contributed by atoms with E-state index in [0.29, 0.717) is 18.5 Å². The molecule has 1 saturated carbocycles. The predicted octanol–water partition coefficient (Wildman–Crippen LogP) is 0.320. The maximum Gasteiger partial charge on any atom is 0.319 e. The maximum absolute atomic E-state index is 11.6. The van der Waals surface area contributed by atoms with E-state index in [1.165, 1.54) is 24.3 Å². The maximum atomic E-state index is 11.6. The van der Waals surface area contributed by atoms with Crippen molar-refractivity contribution < 1.29 is 23.1 Å². The second-order valence-corrected chi connectivity index (χ2v) is 6.52. The minimum atomic E-state index is -3.77. The van der Waals surface area contributed by atoms with E-state index in [2.05, 4.69) is 10.6 Å². The summed E-state index contributed by atoms with van der Waals surface area (Å²) in [6, 6.07) is 4.77. The second-order valence-electron chi connectivity index (χ2n) is 4.96. The first-order valence-corrected chi connectivity index (χ1v) is 7.69. The molecular formula is C12H15N3O5S. The Morgan fingerprint density at radius 2 is 1.81 bits per heavy atom. The third-order valence-corrected chi connectivity index (χ3v) is 4.26. The number of urea groups is 1. The summed E-state index contributed by atoms with van der Waals surface area (Å²) >= 11 is 0. The van der Waals surface area contributed by atoms with E-state index in [-0.39, 0.29) is 11.4 Å². The summed E-state index contributed by atoms with van der Waals surface area (Å²) in [5, 5.41) is 18.9. The number of primary sulfonamides is 1. The Hall–Kier alpha value is -2.13. The van der Waals surface area contributed by atoms with Crippen LogP contribution < -0.4 is 15.8 Å². The number of hydrogen-bond acceptors (Lipinski definition) is 4. The topological polar surface area (TPSA) is 139 Å². The third kappa shape index (κ3) is 3.70. The molecule has 0 atom stereocenters. The summed E-state index contributed by atoms with van der Waals surface area (Å²) < 4.78 is 22.1. The van der Waals surface area contributed by atoms with E-state index in [4.69, 9.17) is 10.2 Å². The average molecular weight is 313 g/mol. The van der Waals surface area contributed by atoms with Crippen LogP contribution in [0.5, 0.6) is 0 Å². The van der Waals surface area contributed by atoms with Gasteiger partial charge in [-0.15, -0.1) is 0 Å². The molecule has 1 aliphatic rings. The molecule has 5 N–H and O–H groups in total. The zero-order valence-corrected chi connectivity index (χ0v) is 11.8. The summed E-state index contributed by atoms with van der Waals surface area (Å²) in [5.74, 6) is -0.916. The molecular weight excluding hydrogens is 298 g/mol. The number of carboxylic acids is 1. The standard InChI is InChI=1S/C12H15N3O5S/c13-21(19,20)9-3-1-8(2-4-9)15-11(18)14-7-12(5-6-12)10(16)17/h1-4H,5-7H2,(H,16,17)(H2,13,19,20)(H2,14,15,18). The van der Waals surface area contributed by atoms with Crippen LogP contribution in [-0.4, -0.2) is 32.1 Å². The molecule has 9 heteroatoms. The molecule has 0 bridgehead atoms. The number of benzene rings is 1. The zero-order chi connectivity index (χ0) is 15.7. The van der Waals surface area contributed by atoms with Crippen molar-refractivity contribution in [1.29, 1.82) is 0 Å². The van der Waals surface area contributed by atoms with Gasteiger partial charge in [0.25, 0.3) is 0 Å². The van der Waals surface area contributed by atoms with Crippen LogP contribution in [0.3, 0.4) is 0 Å². The number of anilines is 1. The quantitative estimate of drug-likeness (QED) is 0.620. The van der Waals surface area contributed by atoms with E-state index >= 15 is 0 Å². The van der Waals surface area contributed by atoms with Crippen LogP contribution >= 0.6 is 0 Å². The molecule has 0 aliphatic heterocycles. The summed E-state index contributed by atoms with van der Waals surface area (Å²) in [6.07, 6.45) is 1.09. The number of nitrogens with two attached hydrogens (primary N) is 1. The normalized spacial score (nSPS) is 16.0. The first-order valence-electron chi connectivity index (χ1n) is 6.14.